The fourth-order valence-electron chi connectivity index (χ4n) is 7.07. The lowest BCUT2D eigenvalue weighted by atomic mass is 10.1. The van der Waals surface area contributed by atoms with E-state index in [1.54, 1.807) is 0 Å². The monoisotopic (exact) mass is 602 g/mol. The second-order valence-corrected chi connectivity index (χ2v) is 11.9. The zero-order chi connectivity index (χ0) is 30.9. The van der Waals surface area contributed by atoms with E-state index in [1.807, 2.05) is 36.5 Å². The summed E-state index contributed by atoms with van der Waals surface area (Å²) in [4.78, 5) is 9.70. The molecular formula is C42H26N4O. The number of pyridine rings is 1. The van der Waals surface area contributed by atoms with Crippen LogP contribution in [0.2, 0.25) is 0 Å². The van der Waals surface area contributed by atoms with E-state index in [4.69, 9.17) is 14.4 Å². The van der Waals surface area contributed by atoms with Crippen molar-refractivity contribution in [3.8, 4) is 34.1 Å². The van der Waals surface area contributed by atoms with Gasteiger partial charge >= 0.3 is 0 Å². The van der Waals surface area contributed by atoms with E-state index in [0.717, 1.165) is 61.4 Å². The van der Waals surface area contributed by atoms with E-state index in [0.29, 0.717) is 5.89 Å². The summed E-state index contributed by atoms with van der Waals surface area (Å²) in [7, 11) is 0. The topological polar surface area (TPSA) is 48.8 Å². The average Bonchev–Trinajstić information content (AvgIpc) is 3.82. The molecule has 0 fully saturated rings. The number of nitrogens with zero attached hydrogens (tertiary/aromatic N) is 4. The number of fused-ring (bicyclic) bond motifs is 7. The summed E-state index contributed by atoms with van der Waals surface area (Å²) >= 11 is 0. The normalized spacial score (nSPS) is 11.8. The highest BCUT2D eigenvalue weighted by Crippen LogP contribution is 2.38. The van der Waals surface area contributed by atoms with E-state index >= 15 is 0 Å². The Bertz CT molecular complexity index is 2770. The van der Waals surface area contributed by atoms with E-state index < -0.39 is 0 Å². The molecule has 0 radical (unpaired) electrons. The third-order valence-corrected chi connectivity index (χ3v) is 9.21. The van der Waals surface area contributed by atoms with Crippen molar-refractivity contribution in [1.82, 2.24) is 19.1 Å². The molecule has 4 aromatic heterocycles. The van der Waals surface area contributed by atoms with Crippen LogP contribution in [0.25, 0.3) is 88.8 Å². The van der Waals surface area contributed by atoms with Crippen LogP contribution in [0.1, 0.15) is 0 Å². The van der Waals surface area contributed by atoms with E-state index in [9.17, 15) is 0 Å². The van der Waals surface area contributed by atoms with Crippen LogP contribution in [0, 0.1) is 0 Å². The van der Waals surface area contributed by atoms with Gasteiger partial charge in [-0.3, -0.25) is 4.57 Å². The number of hydrogen-bond acceptors (Lipinski definition) is 3. The first-order valence-corrected chi connectivity index (χ1v) is 15.7. The highest BCUT2D eigenvalue weighted by molar-refractivity contribution is 6.12. The van der Waals surface area contributed by atoms with Crippen LogP contribution in [0.5, 0.6) is 0 Å². The molecule has 0 amide bonds. The minimum Gasteiger partial charge on any atom is -0.436 e. The molecule has 0 atom stereocenters. The molecule has 0 aliphatic rings. The zero-order valence-electron chi connectivity index (χ0n) is 25.2. The lowest BCUT2D eigenvalue weighted by Crippen LogP contribution is -1.99. The van der Waals surface area contributed by atoms with Crippen LogP contribution >= 0.6 is 0 Å². The maximum atomic E-state index is 6.19. The van der Waals surface area contributed by atoms with Crippen LogP contribution in [-0.2, 0) is 0 Å². The van der Waals surface area contributed by atoms with Gasteiger partial charge in [0.1, 0.15) is 11.3 Å². The smallest absolute Gasteiger partial charge is 0.227 e. The average molecular weight is 603 g/mol. The van der Waals surface area contributed by atoms with Crippen molar-refractivity contribution in [3.05, 3.63) is 158 Å². The highest BCUT2D eigenvalue weighted by atomic mass is 16.3. The van der Waals surface area contributed by atoms with E-state index in [-0.39, 0.29) is 0 Å². The van der Waals surface area contributed by atoms with Gasteiger partial charge in [0, 0.05) is 39.0 Å². The molecule has 0 aliphatic heterocycles. The lowest BCUT2D eigenvalue weighted by Gasteiger charge is -2.12. The molecule has 0 N–H and O–H groups in total. The van der Waals surface area contributed by atoms with Crippen molar-refractivity contribution in [2.45, 2.75) is 0 Å². The van der Waals surface area contributed by atoms with Gasteiger partial charge in [-0.2, -0.15) is 0 Å². The zero-order valence-corrected chi connectivity index (χ0v) is 25.2. The Balaban J connectivity index is 1.23. The van der Waals surface area contributed by atoms with Crippen molar-refractivity contribution in [1.29, 1.82) is 0 Å². The second-order valence-electron chi connectivity index (χ2n) is 11.9. The third kappa shape index (κ3) is 3.97. The Morgan fingerprint density at radius 3 is 1.91 bits per heavy atom. The van der Waals surface area contributed by atoms with Crippen molar-refractivity contribution in [2.75, 3.05) is 0 Å². The molecular weight excluding hydrogens is 576 g/mol. The first kappa shape index (κ1) is 25.8. The molecule has 0 saturated heterocycles. The first-order valence-electron chi connectivity index (χ1n) is 15.7. The van der Waals surface area contributed by atoms with Crippen LogP contribution in [-0.4, -0.2) is 19.1 Å². The Hall–Kier alpha value is -6.46. The maximum Gasteiger partial charge on any atom is 0.227 e. The molecule has 5 heteroatoms. The number of para-hydroxylation sites is 4. The molecule has 47 heavy (non-hydrogen) atoms. The van der Waals surface area contributed by atoms with Crippen LogP contribution in [0.15, 0.2) is 162 Å². The molecule has 6 aromatic carbocycles. The summed E-state index contributed by atoms with van der Waals surface area (Å²) in [6.45, 7) is 0. The standard InChI is InChI=1S/C42H26N4O/c1-2-10-27(11-3-1)28-22-23-43-41(25-28)46-37-16-8-5-13-32(37)34-21-19-30(26-39(34)46)45-36-15-7-4-12-31(36)33-20-18-29(24-38(33)45)42-44-35-14-6-9-17-40(35)47-42/h1-26H. The summed E-state index contributed by atoms with van der Waals surface area (Å²) in [5.41, 5.74) is 10.4. The van der Waals surface area contributed by atoms with Crippen LogP contribution in [0.4, 0.5) is 0 Å². The fourth-order valence-corrected chi connectivity index (χ4v) is 7.07. The molecule has 10 rings (SSSR count). The van der Waals surface area contributed by atoms with Gasteiger partial charge < -0.3 is 8.98 Å². The molecule has 220 valence electrons. The van der Waals surface area contributed by atoms with Gasteiger partial charge in [-0.25, -0.2) is 9.97 Å². The molecule has 5 nitrogen and oxygen atoms in total. The SMILES string of the molecule is c1ccc(-c2ccnc(-n3c4ccccc4c4ccc(-n5c6ccccc6c6ccc(-c7nc8ccccc8o7)cc65)cc43)c2)cc1. The predicted octanol–water partition coefficient (Wildman–Crippen LogP) is 10.8. The van der Waals surface area contributed by atoms with Crippen LogP contribution < -0.4 is 0 Å². The van der Waals surface area contributed by atoms with Crippen molar-refractivity contribution in [2.24, 2.45) is 0 Å². The molecule has 0 spiro atoms. The Kier molecular flexibility index (Phi) is 5.51. The maximum absolute atomic E-state index is 6.19. The van der Waals surface area contributed by atoms with Gasteiger partial charge in [0.25, 0.3) is 0 Å². The Labute approximate surface area is 269 Å². The van der Waals surface area contributed by atoms with E-state index in [2.05, 4.69) is 130 Å². The first-order chi connectivity index (χ1) is 23.3. The number of rotatable bonds is 4. The quantitative estimate of drug-likeness (QED) is 0.201. The predicted molar refractivity (Wildman–Crippen MR) is 191 cm³/mol. The molecule has 0 saturated carbocycles. The molecule has 0 unspecified atom stereocenters. The Morgan fingerprint density at radius 2 is 1.11 bits per heavy atom. The number of aromatic nitrogens is 4. The van der Waals surface area contributed by atoms with E-state index in [1.165, 1.54) is 21.5 Å². The summed E-state index contributed by atoms with van der Waals surface area (Å²) in [6.07, 6.45) is 1.91. The van der Waals surface area contributed by atoms with Gasteiger partial charge in [-0.15, -0.1) is 0 Å². The van der Waals surface area contributed by atoms with Crippen LogP contribution in [0.3, 0.4) is 0 Å². The largest absolute Gasteiger partial charge is 0.436 e. The summed E-state index contributed by atoms with van der Waals surface area (Å²) < 4.78 is 10.8. The third-order valence-electron chi connectivity index (χ3n) is 9.21. The minimum absolute atomic E-state index is 0.616. The number of oxazole rings is 1. The fraction of sp³-hybridized carbons (Fsp3) is 0. The van der Waals surface area contributed by atoms with Gasteiger partial charge in [-0.1, -0.05) is 91.0 Å². The number of benzene rings is 6. The molecule has 0 bridgehead atoms. The van der Waals surface area contributed by atoms with Gasteiger partial charge in [0.2, 0.25) is 5.89 Å². The summed E-state index contributed by atoms with van der Waals surface area (Å²) in [6, 6.07) is 53.1. The van der Waals surface area contributed by atoms with Gasteiger partial charge in [-0.05, 0) is 71.8 Å². The Morgan fingerprint density at radius 1 is 0.447 bits per heavy atom. The molecule has 4 heterocycles. The summed E-state index contributed by atoms with van der Waals surface area (Å²) in [5, 5.41) is 4.76. The van der Waals surface area contributed by atoms with Crippen molar-refractivity contribution < 1.29 is 4.42 Å². The number of hydrogen-bond donors (Lipinski definition) is 0. The summed E-state index contributed by atoms with van der Waals surface area (Å²) in [5.74, 6) is 1.50. The van der Waals surface area contributed by atoms with Crippen molar-refractivity contribution >= 4 is 54.7 Å². The minimum atomic E-state index is 0.616. The lowest BCUT2D eigenvalue weighted by molar-refractivity contribution is 0.620. The van der Waals surface area contributed by atoms with Gasteiger partial charge in [0.15, 0.2) is 5.58 Å². The van der Waals surface area contributed by atoms with Gasteiger partial charge in [0.05, 0.1) is 22.1 Å². The highest BCUT2D eigenvalue weighted by Gasteiger charge is 2.18. The second kappa shape index (κ2) is 10.0. The van der Waals surface area contributed by atoms with Crippen molar-refractivity contribution in [3.63, 3.8) is 0 Å². The molecule has 0 aliphatic carbocycles. The molecule has 10 aromatic rings.